The number of carbonyl (C=O) groups is 2. The van der Waals surface area contributed by atoms with Gasteiger partial charge in [0.25, 0.3) is 0 Å². The Hall–Kier alpha value is -2.61. The molecule has 26 heavy (non-hydrogen) atoms. The van der Waals surface area contributed by atoms with Crippen LogP contribution in [-0.4, -0.2) is 42.4 Å². The molecule has 0 saturated heterocycles. The van der Waals surface area contributed by atoms with Crippen LogP contribution >= 0.6 is 11.8 Å². The molecule has 138 valence electrons. The lowest BCUT2D eigenvalue weighted by Crippen LogP contribution is -2.27. The standard InChI is InChI=1S/C18H21FN4O2S/c1-23(2)18-13(4-3-9-20-18)10-21-16(24)11-26-12-17(25)22-15-7-5-14(19)6-8-15/h3-9H,10-12H2,1-2H3,(H,21,24)(H,22,25). The van der Waals surface area contributed by atoms with Crippen LogP contribution in [0.2, 0.25) is 0 Å². The molecule has 0 aliphatic carbocycles. The van der Waals surface area contributed by atoms with Gasteiger partial charge in [0.05, 0.1) is 11.5 Å². The van der Waals surface area contributed by atoms with Crippen LogP contribution in [0.5, 0.6) is 0 Å². The van der Waals surface area contributed by atoms with Gasteiger partial charge in [-0.25, -0.2) is 9.37 Å². The van der Waals surface area contributed by atoms with Crippen molar-refractivity contribution in [3.05, 3.63) is 54.0 Å². The molecule has 2 aromatic rings. The molecule has 1 heterocycles. The van der Waals surface area contributed by atoms with E-state index in [4.69, 9.17) is 0 Å². The number of pyridine rings is 1. The fourth-order valence-corrected chi connectivity index (χ4v) is 2.83. The first-order chi connectivity index (χ1) is 12.5. The number of hydrogen-bond acceptors (Lipinski definition) is 5. The third-order valence-electron chi connectivity index (χ3n) is 3.36. The smallest absolute Gasteiger partial charge is 0.234 e. The number of hydrogen-bond donors (Lipinski definition) is 2. The molecule has 1 aromatic heterocycles. The third kappa shape index (κ3) is 6.36. The first-order valence-electron chi connectivity index (χ1n) is 7.97. The minimum Gasteiger partial charge on any atom is -0.362 e. The van der Waals surface area contributed by atoms with E-state index in [2.05, 4.69) is 15.6 Å². The summed E-state index contributed by atoms with van der Waals surface area (Å²) in [4.78, 5) is 29.9. The highest BCUT2D eigenvalue weighted by Gasteiger charge is 2.09. The van der Waals surface area contributed by atoms with E-state index >= 15 is 0 Å². The second kappa shape index (κ2) is 9.76. The maximum absolute atomic E-state index is 12.8. The molecular weight excluding hydrogens is 355 g/mol. The summed E-state index contributed by atoms with van der Waals surface area (Å²) >= 11 is 1.21. The minimum atomic E-state index is -0.361. The molecule has 0 spiro atoms. The van der Waals surface area contributed by atoms with Crippen molar-refractivity contribution in [2.24, 2.45) is 0 Å². The number of rotatable bonds is 8. The molecular formula is C18H21FN4O2S. The zero-order valence-electron chi connectivity index (χ0n) is 14.7. The second-order valence-electron chi connectivity index (χ2n) is 5.71. The molecule has 0 aliphatic heterocycles. The number of aromatic nitrogens is 1. The molecule has 2 amide bonds. The summed E-state index contributed by atoms with van der Waals surface area (Å²) in [5.41, 5.74) is 1.44. The van der Waals surface area contributed by atoms with Crippen molar-refractivity contribution in [2.75, 3.05) is 35.8 Å². The number of nitrogens with one attached hydrogen (secondary N) is 2. The van der Waals surface area contributed by atoms with E-state index in [0.717, 1.165) is 11.4 Å². The van der Waals surface area contributed by atoms with Gasteiger partial charge in [0.15, 0.2) is 0 Å². The van der Waals surface area contributed by atoms with Gasteiger partial charge in [-0.2, -0.15) is 0 Å². The Morgan fingerprint density at radius 1 is 1.12 bits per heavy atom. The predicted molar refractivity (Wildman–Crippen MR) is 103 cm³/mol. The van der Waals surface area contributed by atoms with Crippen molar-refractivity contribution in [3.8, 4) is 0 Å². The Balaban J connectivity index is 1.70. The zero-order valence-corrected chi connectivity index (χ0v) is 15.5. The molecule has 8 heteroatoms. The van der Waals surface area contributed by atoms with Gasteiger partial charge < -0.3 is 15.5 Å². The summed E-state index contributed by atoms with van der Waals surface area (Å²) in [5, 5.41) is 5.47. The van der Waals surface area contributed by atoms with Crippen LogP contribution in [0, 0.1) is 5.82 Å². The molecule has 6 nitrogen and oxygen atoms in total. The highest BCUT2D eigenvalue weighted by atomic mass is 32.2. The summed E-state index contributed by atoms with van der Waals surface area (Å²) < 4.78 is 12.8. The molecule has 0 saturated carbocycles. The van der Waals surface area contributed by atoms with Crippen LogP contribution in [0.25, 0.3) is 0 Å². The van der Waals surface area contributed by atoms with Crippen LogP contribution < -0.4 is 15.5 Å². The maximum atomic E-state index is 12.8. The van der Waals surface area contributed by atoms with Gasteiger partial charge in [-0.05, 0) is 30.3 Å². The topological polar surface area (TPSA) is 74.3 Å². The summed E-state index contributed by atoms with van der Waals surface area (Å²) in [6.45, 7) is 0.378. The van der Waals surface area contributed by atoms with Crippen molar-refractivity contribution >= 4 is 35.1 Å². The molecule has 0 bridgehead atoms. The van der Waals surface area contributed by atoms with E-state index in [1.54, 1.807) is 6.20 Å². The molecule has 2 rings (SSSR count). The molecule has 0 aliphatic rings. The predicted octanol–water partition coefficient (Wildman–Crippen LogP) is 2.27. The van der Waals surface area contributed by atoms with Gasteiger partial charge in [-0.15, -0.1) is 11.8 Å². The Morgan fingerprint density at radius 2 is 1.81 bits per heavy atom. The molecule has 2 N–H and O–H groups in total. The van der Waals surface area contributed by atoms with Crippen molar-refractivity contribution in [1.29, 1.82) is 0 Å². The summed E-state index contributed by atoms with van der Waals surface area (Å²) in [5.74, 6) is 0.364. The highest BCUT2D eigenvalue weighted by molar-refractivity contribution is 8.00. The second-order valence-corrected chi connectivity index (χ2v) is 6.69. The number of amides is 2. The molecule has 0 radical (unpaired) electrons. The fourth-order valence-electron chi connectivity index (χ4n) is 2.18. The van der Waals surface area contributed by atoms with Gasteiger partial charge in [0.1, 0.15) is 11.6 Å². The SMILES string of the molecule is CN(C)c1ncccc1CNC(=O)CSCC(=O)Nc1ccc(F)cc1. The number of thioether (sulfide) groups is 1. The lowest BCUT2D eigenvalue weighted by molar-refractivity contribution is -0.118. The third-order valence-corrected chi connectivity index (χ3v) is 4.29. The Kier molecular flexibility index (Phi) is 7.40. The Bertz CT molecular complexity index is 753. The lowest BCUT2D eigenvalue weighted by Gasteiger charge is -2.16. The van der Waals surface area contributed by atoms with Crippen LogP contribution in [0.1, 0.15) is 5.56 Å². The van der Waals surface area contributed by atoms with Crippen LogP contribution in [-0.2, 0) is 16.1 Å². The normalized spacial score (nSPS) is 10.3. The van der Waals surface area contributed by atoms with E-state index in [9.17, 15) is 14.0 Å². The fraction of sp³-hybridized carbons (Fsp3) is 0.278. The van der Waals surface area contributed by atoms with Gasteiger partial charge in [-0.3, -0.25) is 9.59 Å². The average Bonchev–Trinajstić information content (AvgIpc) is 2.62. The average molecular weight is 376 g/mol. The van der Waals surface area contributed by atoms with Crippen molar-refractivity contribution in [3.63, 3.8) is 0 Å². The van der Waals surface area contributed by atoms with E-state index in [1.807, 2.05) is 31.1 Å². The van der Waals surface area contributed by atoms with Crippen molar-refractivity contribution in [2.45, 2.75) is 6.54 Å². The van der Waals surface area contributed by atoms with Crippen molar-refractivity contribution < 1.29 is 14.0 Å². The van der Waals surface area contributed by atoms with Gasteiger partial charge in [0, 0.05) is 38.1 Å². The monoisotopic (exact) mass is 376 g/mol. The van der Waals surface area contributed by atoms with Gasteiger partial charge >= 0.3 is 0 Å². The molecule has 1 aromatic carbocycles. The van der Waals surface area contributed by atoms with E-state index in [1.165, 1.54) is 36.0 Å². The van der Waals surface area contributed by atoms with Crippen LogP contribution in [0.3, 0.4) is 0 Å². The highest BCUT2D eigenvalue weighted by Crippen LogP contribution is 2.14. The molecule has 0 fully saturated rings. The molecule has 0 unspecified atom stereocenters. The van der Waals surface area contributed by atoms with E-state index in [-0.39, 0.29) is 29.1 Å². The largest absolute Gasteiger partial charge is 0.362 e. The summed E-state index contributed by atoms with van der Waals surface area (Å²) in [6.07, 6.45) is 1.70. The lowest BCUT2D eigenvalue weighted by atomic mass is 10.2. The van der Waals surface area contributed by atoms with Crippen LogP contribution in [0.4, 0.5) is 15.9 Å². The van der Waals surface area contributed by atoms with E-state index in [0.29, 0.717) is 12.2 Å². The first-order valence-corrected chi connectivity index (χ1v) is 9.12. The number of benzene rings is 1. The molecule has 0 atom stereocenters. The number of nitrogens with zero attached hydrogens (tertiary/aromatic N) is 2. The summed E-state index contributed by atoms with van der Waals surface area (Å²) in [6, 6.07) is 9.25. The Morgan fingerprint density at radius 3 is 2.50 bits per heavy atom. The number of anilines is 2. The van der Waals surface area contributed by atoms with Crippen molar-refractivity contribution in [1.82, 2.24) is 10.3 Å². The van der Waals surface area contributed by atoms with Gasteiger partial charge in [0.2, 0.25) is 11.8 Å². The maximum Gasteiger partial charge on any atom is 0.234 e. The first kappa shape index (κ1) is 19.7. The number of carbonyl (C=O) groups excluding carboxylic acids is 2. The zero-order chi connectivity index (χ0) is 18.9. The summed E-state index contributed by atoms with van der Waals surface area (Å²) in [7, 11) is 3.78. The van der Waals surface area contributed by atoms with E-state index < -0.39 is 0 Å². The van der Waals surface area contributed by atoms with Crippen LogP contribution in [0.15, 0.2) is 42.6 Å². The Labute approximate surface area is 156 Å². The minimum absolute atomic E-state index is 0.140. The quantitative estimate of drug-likeness (QED) is 0.739. The number of halogens is 1. The van der Waals surface area contributed by atoms with Gasteiger partial charge in [-0.1, -0.05) is 6.07 Å².